The molecule has 2 aliphatic heterocycles. The molecule has 2 saturated heterocycles. The van der Waals surface area contributed by atoms with Gasteiger partial charge in [0.1, 0.15) is 12.7 Å². The van der Waals surface area contributed by atoms with Gasteiger partial charge >= 0.3 is 13.8 Å². The van der Waals surface area contributed by atoms with Crippen LogP contribution in [-0.4, -0.2) is 64.6 Å². The quantitative estimate of drug-likeness (QED) is 0.113. The van der Waals surface area contributed by atoms with Crippen LogP contribution >= 0.6 is 7.82 Å². The normalized spacial score (nSPS) is 25.9. The van der Waals surface area contributed by atoms with Crippen molar-refractivity contribution >= 4 is 13.8 Å². The third kappa shape index (κ3) is 12.9. The van der Waals surface area contributed by atoms with Crippen LogP contribution in [0.15, 0.2) is 0 Å². The van der Waals surface area contributed by atoms with Gasteiger partial charge in [-0.2, -0.15) is 0 Å². The summed E-state index contributed by atoms with van der Waals surface area (Å²) in [7, 11) is -4.63. The molecule has 0 radical (unpaired) electrons. The molecule has 5 atom stereocenters. The highest BCUT2D eigenvalue weighted by atomic mass is 31.2. The van der Waals surface area contributed by atoms with Gasteiger partial charge < -0.3 is 29.1 Å². The van der Waals surface area contributed by atoms with Crippen LogP contribution in [-0.2, 0) is 28.1 Å². The van der Waals surface area contributed by atoms with Crippen molar-refractivity contribution in [1.82, 2.24) is 0 Å². The average Bonchev–Trinajstić information content (AvgIpc) is 3.62. The van der Waals surface area contributed by atoms with Crippen LogP contribution in [0.2, 0.25) is 0 Å². The van der Waals surface area contributed by atoms with E-state index < -0.39 is 26.5 Å². The molecule has 31 heavy (non-hydrogen) atoms. The Hall–Kier alpha value is -0.540. The van der Waals surface area contributed by atoms with E-state index in [1.54, 1.807) is 0 Å². The lowest BCUT2D eigenvalue weighted by Gasteiger charge is -2.12. The molecule has 0 bridgehead atoms. The van der Waals surface area contributed by atoms with Gasteiger partial charge in [0.2, 0.25) is 0 Å². The minimum absolute atomic E-state index is 0.265. The van der Waals surface area contributed by atoms with Crippen LogP contribution in [0.5, 0.6) is 0 Å². The van der Waals surface area contributed by atoms with Crippen LogP contribution in [0.1, 0.15) is 84.0 Å². The molecule has 0 amide bonds. The van der Waals surface area contributed by atoms with E-state index in [-0.39, 0.29) is 13.0 Å². The van der Waals surface area contributed by atoms with Crippen LogP contribution in [0.4, 0.5) is 0 Å². The zero-order chi connectivity index (χ0) is 22.7. The Labute approximate surface area is 185 Å². The van der Waals surface area contributed by atoms with Gasteiger partial charge in [-0.1, -0.05) is 51.9 Å². The molecular formula is C21H39O9P. The molecule has 0 aliphatic carbocycles. The number of phosphoric acid groups is 1. The molecule has 2 heterocycles. The predicted octanol–water partition coefficient (Wildman–Crippen LogP) is 3.24. The number of esters is 1. The van der Waals surface area contributed by atoms with Crippen molar-refractivity contribution in [3.8, 4) is 0 Å². The van der Waals surface area contributed by atoms with Crippen molar-refractivity contribution < 1.29 is 43.0 Å². The molecule has 9 nitrogen and oxygen atoms in total. The first-order valence-corrected chi connectivity index (χ1v) is 13.2. The fourth-order valence-electron chi connectivity index (χ4n) is 3.74. The fraction of sp³-hybridized carbons (Fsp3) is 0.952. The minimum Gasteiger partial charge on any atom is -0.463 e. The van der Waals surface area contributed by atoms with Gasteiger partial charge in [-0.3, -0.25) is 9.32 Å². The molecule has 2 rings (SSSR count). The van der Waals surface area contributed by atoms with Crippen LogP contribution in [0.3, 0.4) is 0 Å². The van der Waals surface area contributed by atoms with E-state index in [9.17, 15) is 14.5 Å². The highest BCUT2D eigenvalue weighted by Crippen LogP contribution is 2.39. The molecule has 0 spiro atoms. The second-order valence-electron chi connectivity index (χ2n) is 8.59. The second-order valence-corrected chi connectivity index (χ2v) is 9.83. The number of hydrogen-bond acceptors (Lipinski definition) is 7. The Bertz CT molecular complexity index is 567. The highest BCUT2D eigenvalue weighted by Gasteiger charge is 2.47. The van der Waals surface area contributed by atoms with Gasteiger partial charge in [0, 0.05) is 12.8 Å². The lowest BCUT2D eigenvalue weighted by Crippen LogP contribution is -2.23. The topological polar surface area (TPSA) is 138 Å². The number of epoxide rings is 2. The number of aliphatic hydroxyl groups is 1. The third-order valence-corrected chi connectivity index (χ3v) is 6.16. The monoisotopic (exact) mass is 466 g/mol. The number of aliphatic hydroxyl groups excluding tert-OH is 1. The molecule has 2 aliphatic rings. The molecule has 1 unspecified atom stereocenters. The lowest BCUT2D eigenvalue weighted by atomic mass is 10.0. The zero-order valence-corrected chi connectivity index (χ0v) is 19.4. The summed E-state index contributed by atoms with van der Waals surface area (Å²) in [4.78, 5) is 28.7. The number of rotatable bonds is 19. The highest BCUT2D eigenvalue weighted by molar-refractivity contribution is 7.46. The number of unbranched alkanes of at least 4 members (excludes halogenated alkanes) is 6. The lowest BCUT2D eigenvalue weighted by molar-refractivity contribution is -0.147. The summed E-state index contributed by atoms with van der Waals surface area (Å²) in [5, 5.41) is 9.44. The van der Waals surface area contributed by atoms with E-state index in [0.717, 1.165) is 44.9 Å². The SMILES string of the molecule is CCCCC[C@H]1O[C@H]1C[C@@H]1O[C@@H]1CCCCCCCC(=O)OCC(O)COP(=O)(O)O. The molecule has 2 fully saturated rings. The Balaban J connectivity index is 1.34. The second kappa shape index (κ2) is 13.9. The Morgan fingerprint density at radius 3 is 2.10 bits per heavy atom. The third-order valence-electron chi connectivity index (χ3n) is 5.67. The van der Waals surface area contributed by atoms with Crippen LogP contribution in [0, 0.1) is 0 Å². The number of phosphoric ester groups is 1. The van der Waals surface area contributed by atoms with Gasteiger partial charge in [0.15, 0.2) is 0 Å². The van der Waals surface area contributed by atoms with Gasteiger partial charge in [-0.15, -0.1) is 0 Å². The largest absolute Gasteiger partial charge is 0.469 e. The maximum absolute atomic E-state index is 11.6. The summed E-state index contributed by atoms with van der Waals surface area (Å²) in [6.07, 6.45) is 12.8. The molecule has 0 aromatic rings. The Kier molecular flexibility index (Phi) is 12.0. The standard InChI is InChI=1S/C21H39O9P/c1-2-3-7-10-17-19(29-17)13-20-18(30-20)11-8-5-4-6-9-12-21(23)27-14-16(22)15-28-31(24,25)26/h16-20,22H,2-15H2,1H3,(H2,24,25,26)/t16?,17-,18-,19+,20+/m1/s1. The first-order chi connectivity index (χ1) is 14.8. The van der Waals surface area contributed by atoms with Crippen molar-refractivity contribution in [2.45, 2.75) is 114 Å². The maximum Gasteiger partial charge on any atom is 0.469 e. The van der Waals surface area contributed by atoms with E-state index in [1.807, 2.05) is 0 Å². The number of hydrogen-bond donors (Lipinski definition) is 3. The first-order valence-electron chi connectivity index (χ1n) is 11.6. The summed E-state index contributed by atoms with van der Waals surface area (Å²) < 4.78 is 31.0. The van der Waals surface area contributed by atoms with Gasteiger partial charge in [-0.05, 0) is 19.3 Å². The molecule has 0 aromatic heterocycles. The summed E-state index contributed by atoms with van der Waals surface area (Å²) in [5.41, 5.74) is 0. The number of carbonyl (C=O) groups excluding carboxylic acids is 1. The molecular weight excluding hydrogens is 427 g/mol. The Morgan fingerprint density at radius 2 is 1.48 bits per heavy atom. The van der Waals surface area contributed by atoms with Crippen LogP contribution < -0.4 is 0 Å². The first kappa shape index (κ1) is 26.7. The number of carbonyl (C=O) groups is 1. The van der Waals surface area contributed by atoms with Gasteiger partial charge in [0.05, 0.1) is 31.0 Å². The van der Waals surface area contributed by atoms with Crippen molar-refractivity contribution in [3.63, 3.8) is 0 Å². The number of ether oxygens (including phenoxy) is 3. The summed E-state index contributed by atoms with van der Waals surface area (Å²) in [6.45, 7) is 1.29. The van der Waals surface area contributed by atoms with Crippen molar-refractivity contribution in [2.75, 3.05) is 13.2 Å². The summed E-state index contributed by atoms with van der Waals surface area (Å²) in [6, 6.07) is 0. The summed E-state index contributed by atoms with van der Waals surface area (Å²) in [5.74, 6) is -0.431. The molecule has 182 valence electrons. The average molecular weight is 467 g/mol. The molecule has 0 aromatic carbocycles. The zero-order valence-electron chi connectivity index (χ0n) is 18.5. The van der Waals surface area contributed by atoms with E-state index in [4.69, 9.17) is 24.0 Å². The summed E-state index contributed by atoms with van der Waals surface area (Å²) >= 11 is 0. The van der Waals surface area contributed by atoms with Crippen molar-refractivity contribution in [3.05, 3.63) is 0 Å². The van der Waals surface area contributed by atoms with Gasteiger partial charge in [0.25, 0.3) is 0 Å². The fourth-order valence-corrected chi connectivity index (χ4v) is 4.11. The Morgan fingerprint density at radius 1 is 0.903 bits per heavy atom. The van der Waals surface area contributed by atoms with E-state index in [0.29, 0.717) is 24.4 Å². The molecule has 10 heteroatoms. The van der Waals surface area contributed by atoms with E-state index >= 15 is 0 Å². The molecule has 3 N–H and O–H groups in total. The maximum atomic E-state index is 11.6. The van der Waals surface area contributed by atoms with Gasteiger partial charge in [-0.25, -0.2) is 4.57 Å². The van der Waals surface area contributed by atoms with E-state index in [2.05, 4.69) is 11.4 Å². The van der Waals surface area contributed by atoms with Crippen LogP contribution in [0.25, 0.3) is 0 Å². The predicted molar refractivity (Wildman–Crippen MR) is 113 cm³/mol. The molecule has 0 saturated carbocycles. The minimum atomic E-state index is -4.63. The van der Waals surface area contributed by atoms with Crippen molar-refractivity contribution in [1.29, 1.82) is 0 Å². The van der Waals surface area contributed by atoms with E-state index in [1.165, 1.54) is 25.7 Å². The van der Waals surface area contributed by atoms with Crippen molar-refractivity contribution in [2.24, 2.45) is 0 Å². The smallest absolute Gasteiger partial charge is 0.463 e.